The Balaban J connectivity index is 4.23. The molecule has 0 aliphatic carbocycles. The summed E-state index contributed by atoms with van der Waals surface area (Å²) in [5.41, 5.74) is 0. The zero-order valence-corrected chi connectivity index (χ0v) is 52.5. The van der Waals surface area contributed by atoms with Gasteiger partial charge in [-0.05, 0) is 122 Å². The van der Waals surface area contributed by atoms with Gasteiger partial charge in [-0.25, -0.2) is 0 Å². The maximum absolute atomic E-state index is 12.9. The molecule has 0 N–H and O–H groups in total. The zero-order valence-electron chi connectivity index (χ0n) is 52.5. The third kappa shape index (κ3) is 66.0. The molecule has 0 fully saturated rings. The quantitative estimate of drug-likeness (QED) is 0.0261. The summed E-state index contributed by atoms with van der Waals surface area (Å²) >= 11 is 0. The number of ether oxygens (including phenoxy) is 3. The maximum Gasteiger partial charge on any atom is 0.306 e. The van der Waals surface area contributed by atoms with Crippen LogP contribution in [-0.2, 0) is 28.6 Å². The average molecular weight is 1120 g/mol. The van der Waals surface area contributed by atoms with Gasteiger partial charge in [0, 0.05) is 19.3 Å². The van der Waals surface area contributed by atoms with Crippen LogP contribution in [0.3, 0.4) is 0 Å². The number of rotatable bonds is 59. The molecular weight excluding hydrogens is 997 g/mol. The Bertz CT molecular complexity index is 1760. The second-order valence-electron chi connectivity index (χ2n) is 21.6. The summed E-state index contributed by atoms with van der Waals surface area (Å²) in [7, 11) is 0. The fraction of sp³-hybridized carbons (Fsp3) is 0.640. The molecule has 1 unspecified atom stereocenters. The third-order valence-electron chi connectivity index (χ3n) is 13.8. The smallest absolute Gasteiger partial charge is 0.306 e. The molecule has 0 bridgehead atoms. The van der Waals surface area contributed by atoms with Gasteiger partial charge in [-0.3, -0.25) is 14.4 Å². The van der Waals surface area contributed by atoms with Crippen molar-refractivity contribution >= 4 is 17.9 Å². The molecule has 0 aromatic carbocycles. The van der Waals surface area contributed by atoms with Crippen LogP contribution in [0, 0.1) is 0 Å². The molecule has 0 aliphatic heterocycles. The summed E-state index contributed by atoms with van der Waals surface area (Å²) in [6.07, 6.45) is 97.2. The van der Waals surface area contributed by atoms with Crippen LogP contribution in [0.15, 0.2) is 146 Å². The maximum atomic E-state index is 12.9. The van der Waals surface area contributed by atoms with E-state index in [-0.39, 0.29) is 31.1 Å². The Hall–Kier alpha value is -4.71. The molecule has 0 saturated heterocycles. The number of hydrogen-bond donors (Lipinski definition) is 0. The minimum Gasteiger partial charge on any atom is -0.462 e. The van der Waals surface area contributed by atoms with E-state index in [0.29, 0.717) is 19.3 Å². The van der Waals surface area contributed by atoms with Crippen molar-refractivity contribution in [3.8, 4) is 0 Å². The lowest BCUT2D eigenvalue weighted by atomic mass is 10.1. The molecule has 0 aromatic rings. The lowest BCUT2D eigenvalue weighted by Gasteiger charge is -2.18. The SMILES string of the molecule is CC/C=C\C/C=C\C/C=C\C/C=C\C/C=C\C/C=C\C/C=C\C/C=C\CCCCCCCCCCCCC(=O)OCC(COC(=O)CCCCCCCCCCCCC)OC(=O)CCCCCC/C=C\C/C=C\C/C=C\C/C=C\CC. The Kier molecular flexibility index (Phi) is 63.9. The van der Waals surface area contributed by atoms with Crippen molar-refractivity contribution in [1.29, 1.82) is 0 Å². The molecule has 458 valence electrons. The Labute approximate surface area is 499 Å². The van der Waals surface area contributed by atoms with Crippen molar-refractivity contribution in [2.45, 2.75) is 297 Å². The number of esters is 3. The van der Waals surface area contributed by atoms with Crippen LogP contribution >= 0.6 is 0 Å². The van der Waals surface area contributed by atoms with Crippen LogP contribution in [-0.4, -0.2) is 37.2 Å². The van der Waals surface area contributed by atoms with E-state index in [1.807, 2.05) is 0 Å². The van der Waals surface area contributed by atoms with E-state index in [1.165, 1.54) is 96.3 Å². The molecule has 0 amide bonds. The van der Waals surface area contributed by atoms with E-state index in [0.717, 1.165) is 154 Å². The van der Waals surface area contributed by atoms with Crippen LogP contribution in [0.2, 0.25) is 0 Å². The van der Waals surface area contributed by atoms with Crippen molar-refractivity contribution in [2.24, 2.45) is 0 Å². The summed E-state index contributed by atoms with van der Waals surface area (Å²) in [6, 6.07) is 0. The highest BCUT2D eigenvalue weighted by molar-refractivity contribution is 5.71. The predicted molar refractivity (Wildman–Crippen MR) is 352 cm³/mol. The molecule has 0 spiro atoms. The van der Waals surface area contributed by atoms with Gasteiger partial charge in [0.15, 0.2) is 6.10 Å². The summed E-state index contributed by atoms with van der Waals surface area (Å²) in [5, 5.41) is 0. The number of allylic oxidation sites excluding steroid dienone is 24. The van der Waals surface area contributed by atoms with Gasteiger partial charge in [0.2, 0.25) is 0 Å². The molecule has 81 heavy (non-hydrogen) atoms. The largest absolute Gasteiger partial charge is 0.462 e. The molecule has 0 heterocycles. The molecule has 1 atom stereocenters. The van der Waals surface area contributed by atoms with Crippen LogP contribution in [0.25, 0.3) is 0 Å². The van der Waals surface area contributed by atoms with E-state index >= 15 is 0 Å². The summed E-state index contributed by atoms with van der Waals surface area (Å²) < 4.78 is 16.9. The number of hydrogen-bond acceptors (Lipinski definition) is 6. The van der Waals surface area contributed by atoms with Gasteiger partial charge in [-0.15, -0.1) is 0 Å². The molecule has 0 aliphatic rings. The molecule has 0 radical (unpaired) electrons. The summed E-state index contributed by atoms with van der Waals surface area (Å²) in [4.78, 5) is 38.3. The lowest BCUT2D eigenvalue weighted by Crippen LogP contribution is -2.30. The van der Waals surface area contributed by atoms with Crippen molar-refractivity contribution in [2.75, 3.05) is 13.2 Å². The fourth-order valence-corrected chi connectivity index (χ4v) is 8.92. The number of unbranched alkanes of at least 4 members (excludes halogenated alkanes) is 24. The first kappa shape index (κ1) is 76.3. The minimum absolute atomic E-state index is 0.0903. The highest BCUT2D eigenvalue weighted by atomic mass is 16.6. The molecular formula is C75H122O6. The van der Waals surface area contributed by atoms with Crippen molar-refractivity contribution in [3.63, 3.8) is 0 Å². The van der Waals surface area contributed by atoms with Crippen molar-refractivity contribution < 1.29 is 28.6 Å². The first-order chi connectivity index (χ1) is 40.0. The van der Waals surface area contributed by atoms with Crippen molar-refractivity contribution in [3.05, 3.63) is 146 Å². The van der Waals surface area contributed by atoms with E-state index in [1.54, 1.807) is 0 Å². The van der Waals surface area contributed by atoms with E-state index in [2.05, 4.69) is 167 Å². The minimum atomic E-state index is -0.796. The van der Waals surface area contributed by atoms with Crippen LogP contribution < -0.4 is 0 Å². The van der Waals surface area contributed by atoms with E-state index in [9.17, 15) is 14.4 Å². The van der Waals surface area contributed by atoms with Gasteiger partial charge in [0.05, 0.1) is 0 Å². The molecule has 6 heteroatoms. The first-order valence-corrected chi connectivity index (χ1v) is 33.3. The highest BCUT2D eigenvalue weighted by Gasteiger charge is 2.19. The van der Waals surface area contributed by atoms with Gasteiger partial charge < -0.3 is 14.2 Å². The molecule has 0 rings (SSSR count). The highest BCUT2D eigenvalue weighted by Crippen LogP contribution is 2.16. The van der Waals surface area contributed by atoms with Gasteiger partial charge in [0.1, 0.15) is 13.2 Å². The standard InChI is InChI=1S/C75H122O6/c1-4-7-10-13-16-19-22-24-26-28-29-30-31-32-33-34-35-36-37-38-39-40-41-42-43-44-45-47-48-50-53-56-59-62-65-68-74(77)80-71-72(70-79-73(76)67-64-61-58-55-52-21-18-15-12-9-6-3)81-75(78)69-66-63-60-57-54-51-49-46-27-25-23-20-17-14-11-8-5-2/h7-8,10-11,16-17,19-20,24-27,29-30,32-33,35-36,38-39,41-42,49,51,72H,4-6,9,12-15,18,21-23,28,31,34,37,40,43-48,50,52-71H2,1-3H3/b10-7-,11-8-,19-16-,20-17-,26-24-,27-25-,30-29-,33-32-,36-35-,39-38-,42-41-,51-49-. The fourth-order valence-electron chi connectivity index (χ4n) is 8.92. The zero-order chi connectivity index (χ0) is 58.5. The predicted octanol–water partition coefficient (Wildman–Crippen LogP) is 23.1. The Morgan fingerprint density at radius 2 is 0.481 bits per heavy atom. The molecule has 0 aromatic heterocycles. The topological polar surface area (TPSA) is 78.9 Å². The number of carbonyl (C=O) groups excluding carboxylic acids is 3. The Morgan fingerprint density at radius 1 is 0.259 bits per heavy atom. The average Bonchev–Trinajstić information content (AvgIpc) is 3.47. The molecule has 0 saturated carbocycles. The van der Waals surface area contributed by atoms with Crippen LogP contribution in [0.1, 0.15) is 290 Å². The summed E-state index contributed by atoms with van der Waals surface area (Å²) in [5.74, 6) is -0.917. The monoisotopic (exact) mass is 1120 g/mol. The van der Waals surface area contributed by atoms with Crippen LogP contribution in [0.5, 0.6) is 0 Å². The van der Waals surface area contributed by atoms with Gasteiger partial charge in [0.25, 0.3) is 0 Å². The van der Waals surface area contributed by atoms with Gasteiger partial charge in [-0.1, -0.05) is 295 Å². The van der Waals surface area contributed by atoms with Crippen LogP contribution in [0.4, 0.5) is 0 Å². The van der Waals surface area contributed by atoms with Gasteiger partial charge in [-0.2, -0.15) is 0 Å². The molecule has 6 nitrogen and oxygen atoms in total. The third-order valence-corrected chi connectivity index (χ3v) is 13.8. The number of carbonyl (C=O) groups is 3. The van der Waals surface area contributed by atoms with E-state index in [4.69, 9.17) is 14.2 Å². The second kappa shape index (κ2) is 67.8. The van der Waals surface area contributed by atoms with Crippen molar-refractivity contribution in [1.82, 2.24) is 0 Å². The lowest BCUT2D eigenvalue weighted by molar-refractivity contribution is -0.167. The van der Waals surface area contributed by atoms with E-state index < -0.39 is 6.10 Å². The second-order valence-corrected chi connectivity index (χ2v) is 21.6. The summed E-state index contributed by atoms with van der Waals surface area (Å²) in [6.45, 7) is 6.39. The normalized spacial score (nSPS) is 13.1. The first-order valence-electron chi connectivity index (χ1n) is 33.3. The Morgan fingerprint density at radius 3 is 0.753 bits per heavy atom. The van der Waals surface area contributed by atoms with Gasteiger partial charge >= 0.3 is 17.9 Å².